The fourth-order valence-corrected chi connectivity index (χ4v) is 2.92. The zero-order valence-corrected chi connectivity index (χ0v) is 10.6. The van der Waals surface area contributed by atoms with Crippen molar-refractivity contribution in [3.05, 3.63) is 0 Å². The maximum atomic E-state index is 12.0. The van der Waals surface area contributed by atoms with E-state index < -0.39 is 0 Å². The number of hydrogen-bond donors (Lipinski definition) is 0. The summed E-state index contributed by atoms with van der Waals surface area (Å²) in [6.45, 7) is 4.37. The van der Waals surface area contributed by atoms with Crippen LogP contribution in [0.2, 0.25) is 0 Å². The normalized spacial score (nSPS) is 30.4. The van der Waals surface area contributed by atoms with Crippen molar-refractivity contribution in [3.8, 4) is 0 Å². The standard InChI is InChI=1S/C14H24O2/c1-3-4-7-13-11(2)9-12(6-5-8-15)10-14(13)16/h8,11-13H,3-7,9-10H2,1-2H3/t11-,12-,13?/m0/s1. The maximum Gasteiger partial charge on any atom is 0.136 e. The molecule has 0 aromatic rings. The third-order valence-corrected chi connectivity index (χ3v) is 3.86. The molecule has 3 atom stereocenters. The second-order valence-corrected chi connectivity index (χ2v) is 5.24. The van der Waals surface area contributed by atoms with Crippen LogP contribution >= 0.6 is 0 Å². The van der Waals surface area contributed by atoms with Crippen LogP contribution in [-0.4, -0.2) is 12.1 Å². The molecule has 0 spiro atoms. The van der Waals surface area contributed by atoms with Gasteiger partial charge in [-0.25, -0.2) is 0 Å². The first kappa shape index (κ1) is 13.4. The fraction of sp³-hybridized carbons (Fsp3) is 0.857. The summed E-state index contributed by atoms with van der Waals surface area (Å²) in [5, 5.41) is 0. The monoisotopic (exact) mass is 224 g/mol. The molecule has 1 fully saturated rings. The Balaban J connectivity index is 2.43. The van der Waals surface area contributed by atoms with Crippen molar-refractivity contribution in [3.63, 3.8) is 0 Å². The van der Waals surface area contributed by atoms with Gasteiger partial charge in [-0.05, 0) is 31.1 Å². The molecule has 0 aromatic heterocycles. The van der Waals surface area contributed by atoms with Crippen LogP contribution in [0.15, 0.2) is 0 Å². The molecule has 2 nitrogen and oxygen atoms in total. The highest BCUT2D eigenvalue weighted by Gasteiger charge is 2.33. The van der Waals surface area contributed by atoms with Crippen LogP contribution < -0.4 is 0 Å². The van der Waals surface area contributed by atoms with Gasteiger partial charge in [-0.3, -0.25) is 4.79 Å². The third-order valence-electron chi connectivity index (χ3n) is 3.86. The number of Topliss-reactive ketones (excluding diaryl/α,β-unsaturated/α-hetero) is 1. The van der Waals surface area contributed by atoms with Crippen LogP contribution in [0.5, 0.6) is 0 Å². The SMILES string of the molecule is CCCCC1C(=O)C[C@@H](CCC=O)C[C@@H]1C. The molecule has 0 aliphatic heterocycles. The average molecular weight is 224 g/mol. The molecule has 0 aromatic carbocycles. The van der Waals surface area contributed by atoms with Crippen molar-refractivity contribution in [2.45, 2.75) is 58.8 Å². The average Bonchev–Trinajstić information content (AvgIpc) is 2.25. The van der Waals surface area contributed by atoms with E-state index >= 15 is 0 Å². The smallest absolute Gasteiger partial charge is 0.136 e. The highest BCUT2D eigenvalue weighted by Crippen LogP contribution is 2.35. The number of carbonyl (C=O) groups is 2. The summed E-state index contributed by atoms with van der Waals surface area (Å²) in [6.07, 6.45) is 7.74. The Kier molecular flexibility index (Phi) is 5.72. The van der Waals surface area contributed by atoms with Gasteiger partial charge in [-0.15, -0.1) is 0 Å². The van der Waals surface area contributed by atoms with Crippen LogP contribution in [0.1, 0.15) is 58.8 Å². The predicted octanol–water partition coefficient (Wildman–Crippen LogP) is 3.39. The van der Waals surface area contributed by atoms with Crippen LogP contribution in [0, 0.1) is 17.8 Å². The Morgan fingerprint density at radius 1 is 1.38 bits per heavy atom. The predicted molar refractivity (Wildman–Crippen MR) is 65.2 cm³/mol. The van der Waals surface area contributed by atoms with E-state index in [-0.39, 0.29) is 0 Å². The van der Waals surface area contributed by atoms with Crippen LogP contribution in [0.25, 0.3) is 0 Å². The molecule has 0 bridgehead atoms. The number of ketones is 1. The number of rotatable bonds is 6. The molecule has 0 heterocycles. The molecule has 2 heteroatoms. The Hall–Kier alpha value is -0.660. The third kappa shape index (κ3) is 3.73. The molecule has 92 valence electrons. The molecule has 16 heavy (non-hydrogen) atoms. The van der Waals surface area contributed by atoms with Gasteiger partial charge in [0.15, 0.2) is 0 Å². The molecule has 1 aliphatic rings. The summed E-state index contributed by atoms with van der Waals surface area (Å²) in [5.74, 6) is 1.73. The summed E-state index contributed by atoms with van der Waals surface area (Å²) in [7, 11) is 0. The zero-order chi connectivity index (χ0) is 12.0. The van der Waals surface area contributed by atoms with Gasteiger partial charge in [0.05, 0.1) is 0 Å². The van der Waals surface area contributed by atoms with Crippen LogP contribution in [0.3, 0.4) is 0 Å². The Morgan fingerprint density at radius 2 is 2.12 bits per heavy atom. The molecular weight excluding hydrogens is 200 g/mol. The molecular formula is C14H24O2. The molecule has 0 N–H and O–H groups in total. The Morgan fingerprint density at radius 3 is 2.69 bits per heavy atom. The van der Waals surface area contributed by atoms with Gasteiger partial charge >= 0.3 is 0 Å². The van der Waals surface area contributed by atoms with Crippen molar-refractivity contribution in [1.82, 2.24) is 0 Å². The number of aldehydes is 1. The molecule has 0 saturated heterocycles. The van der Waals surface area contributed by atoms with Crippen molar-refractivity contribution in [2.75, 3.05) is 0 Å². The fourth-order valence-electron chi connectivity index (χ4n) is 2.92. The molecule has 1 unspecified atom stereocenters. The molecule has 1 rings (SSSR count). The van der Waals surface area contributed by atoms with Crippen LogP contribution in [0.4, 0.5) is 0 Å². The second kappa shape index (κ2) is 6.82. The van der Waals surface area contributed by atoms with Gasteiger partial charge in [0.25, 0.3) is 0 Å². The van der Waals surface area contributed by atoms with Gasteiger partial charge in [-0.1, -0.05) is 26.7 Å². The van der Waals surface area contributed by atoms with E-state index in [9.17, 15) is 9.59 Å². The van der Waals surface area contributed by atoms with Crippen molar-refractivity contribution >= 4 is 12.1 Å². The minimum Gasteiger partial charge on any atom is -0.303 e. The lowest BCUT2D eigenvalue weighted by Gasteiger charge is -2.32. The summed E-state index contributed by atoms with van der Waals surface area (Å²) in [4.78, 5) is 22.3. The number of hydrogen-bond acceptors (Lipinski definition) is 2. The lowest BCUT2D eigenvalue weighted by atomic mass is 9.71. The van der Waals surface area contributed by atoms with E-state index in [2.05, 4.69) is 13.8 Å². The van der Waals surface area contributed by atoms with Gasteiger partial charge < -0.3 is 4.79 Å². The van der Waals surface area contributed by atoms with Gasteiger partial charge in [0, 0.05) is 18.8 Å². The maximum absolute atomic E-state index is 12.0. The minimum atomic E-state index is 0.299. The van der Waals surface area contributed by atoms with Gasteiger partial charge in [0.1, 0.15) is 12.1 Å². The lowest BCUT2D eigenvalue weighted by molar-refractivity contribution is -0.128. The number of carbonyl (C=O) groups excluding carboxylic acids is 2. The van der Waals surface area contributed by atoms with E-state index in [1.165, 1.54) is 12.8 Å². The second-order valence-electron chi connectivity index (χ2n) is 5.24. The first-order valence-electron chi connectivity index (χ1n) is 6.65. The molecule has 1 saturated carbocycles. The zero-order valence-electron chi connectivity index (χ0n) is 10.6. The highest BCUT2D eigenvalue weighted by molar-refractivity contribution is 5.82. The molecule has 0 radical (unpaired) electrons. The van der Waals surface area contributed by atoms with E-state index in [0.29, 0.717) is 36.4 Å². The Bertz CT molecular complexity index is 235. The largest absolute Gasteiger partial charge is 0.303 e. The quantitative estimate of drug-likeness (QED) is 0.648. The van der Waals surface area contributed by atoms with Gasteiger partial charge in [0.2, 0.25) is 0 Å². The lowest BCUT2D eigenvalue weighted by Crippen LogP contribution is -2.31. The van der Waals surface area contributed by atoms with Gasteiger partial charge in [-0.2, -0.15) is 0 Å². The van der Waals surface area contributed by atoms with E-state index in [0.717, 1.165) is 25.5 Å². The molecule has 0 amide bonds. The Labute approximate surface area is 98.8 Å². The van der Waals surface area contributed by atoms with E-state index in [1.54, 1.807) is 0 Å². The highest BCUT2D eigenvalue weighted by atomic mass is 16.1. The topological polar surface area (TPSA) is 34.1 Å². The van der Waals surface area contributed by atoms with Crippen molar-refractivity contribution in [1.29, 1.82) is 0 Å². The number of unbranched alkanes of at least 4 members (excludes halogenated alkanes) is 1. The summed E-state index contributed by atoms with van der Waals surface area (Å²) < 4.78 is 0. The van der Waals surface area contributed by atoms with Crippen molar-refractivity contribution in [2.24, 2.45) is 17.8 Å². The first-order chi connectivity index (χ1) is 7.69. The summed E-state index contributed by atoms with van der Waals surface area (Å²) in [5.41, 5.74) is 0. The first-order valence-corrected chi connectivity index (χ1v) is 6.65. The van der Waals surface area contributed by atoms with Crippen LogP contribution in [-0.2, 0) is 9.59 Å². The van der Waals surface area contributed by atoms with E-state index in [1.807, 2.05) is 0 Å². The molecule has 1 aliphatic carbocycles. The minimum absolute atomic E-state index is 0.299. The van der Waals surface area contributed by atoms with E-state index in [4.69, 9.17) is 0 Å². The van der Waals surface area contributed by atoms with Crippen molar-refractivity contribution < 1.29 is 9.59 Å². The summed E-state index contributed by atoms with van der Waals surface area (Å²) >= 11 is 0. The summed E-state index contributed by atoms with van der Waals surface area (Å²) in [6, 6.07) is 0.